The first-order valence-electron chi connectivity index (χ1n) is 10.8. The van der Waals surface area contributed by atoms with Gasteiger partial charge in [-0.3, -0.25) is 13.9 Å². The van der Waals surface area contributed by atoms with Gasteiger partial charge in [-0.05, 0) is 61.5 Å². The largest absolute Gasteiger partial charge is 0.326 e. The normalized spacial score (nSPS) is 12.0. The summed E-state index contributed by atoms with van der Waals surface area (Å²) in [7, 11) is -2.29. The minimum absolute atomic E-state index is 0.0800. The molecule has 3 aromatic carbocycles. The van der Waals surface area contributed by atoms with E-state index in [2.05, 4.69) is 10.3 Å². The standard InChI is InChI=1S/C25H24N4O4S2/c1-4-29-22-15-12-19(26-17(2)30)16-23(22)34-25(29)27-24(31)18-10-13-21(14-11-18)35(32,33)28(3)20-8-6-5-7-9-20/h5-16H,4H2,1-3H3,(H,26,30). The van der Waals surface area contributed by atoms with E-state index in [1.165, 1.54) is 53.9 Å². The zero-order chi connectivity index (χ0) is 25.2. The lowest BCUT2D eigenvalue weighted by Crippen LogP contribution is -2.26. The number of rotatable bonds is 6. The van der Waals surface area contributed by atoms with Crippen molar-refractivity contribution in [1.82, 2.24) is 4.57 Å². The van der Waals surface area contributed by atoms with E-state index in [0.717, 1.165) is 10.2 Å². The number of thiazole rings is 1. The van der Waals surface area contributed by atoms with Crippen molar-refractivity contribution in [1.29, 1.82) is 0 Å². The number of nitrogens with zero attached hydrogens (tertiary/aromatic N) is 3. The highest BCUT2D eigenvalue weighted by Crippen LogP contribution is 2.23. The average Bonchev–Trinajstić information content (AvgIpc) is 3.19. The zero-order valence-electron chi connectivity index (χ0n) is 19.4. The number of aromatic nitrogens is 1. The smallest absolute Gasteiger partial charge is 0.279 e. The van der Waals surface area contributed by atoms with E-state index in [-0.39, 0.29) is 16.4 Å². The number of fused-ring (bicyclic) bond motifs is 1. The minimum Gasteiger partial charge on any atom is -0.326 e. The van der Waals surface area contributed by atoms with Crippen LogP contribution in [0.15, 0.2) is 82.7 Å². The van der Waals surface area contributed by atoms with Crippen LogP contribution in [0.2, 0.25) is 0 Å². The van der Waals surface area contributed by atoms with Crippen LogP contribution in [0.4, 0.5) is 11.4 Å². The summed E-state index contributed by atoms with van der Waals surface area (Å²) >= 11 is 1.34. The molecule has 4 aromatic rings. The van der Waals surface area contributed by atoms with Crippen molar-refractivity contribution in [3.63, 3.8) is 0 Å². The molecule has 1 N–H and O–H groups in total. The molecule has 0 aliphatic heterocycles. The van der Waals surface area contributed by atoms with Gasteiger partial charge in [0.05, 0.1) is 20.8 Å². The van der Waals surface area contributed by atoms with Crippen molar-refractivity contribution >= 4 is 54.8 Å². The molecule has 180 valence electrons. The molecule has 4 rings (SSSR count). The number of anilines is 2. The Morgan fingerprint density at radius 3 is 2.34 bits per heavy atom. The monoisotopic (exact) mass is 508 g/mol. The molecule has 0 bridgehead atoms. The Balaban J connectivity index is 1.64. The summed E-state index contributed by atoms with van der Waals surface area (Å²) < 4.78 is 29.9. The molecule has 0 spiro atoms. The third kappa shape index (κ3) is 5.03. The predicted molar refractivity (Wildman–Crippen MR) is 138 cm³/mol. The third-order valence-electron chi connectivity index (χ3n) is 5.40. The lowest BCUT2D eigenvalue weighted by molar-refractivity contribution is -0.114. The van der Waals surface area contributed by atoms with Crippen LogP contribution in [-0.4, -0.2) is 31.8 Å². The second-order valence-corrected chi connectivity index (χ2v) is 10.7. The molecule has 10 heteroatoms. The fourth-order valence-electron chi connectivity index (χ4n) is 3.60. The molecule has 0 atom stereocenters. The summed E-state index contributed by atoms with van der Waals surface area (Å²) in [6, 6.07) is 20.1. The molecular weight excluding hydrogens is 484 g/mol. The van der Waals surface area contributed by atoms with Crippen molar-refractivity contribution in [3.8, 4) is 0 Å². The van der Waals surface area contributed by atoms with E-state index in [1.54, 1.807) is 30.3 Å². The summed E-state index contributed by atoms with van der Waals surface area (Å²) in [4.78, 5) is 29.2. The number of hydrogen-bond acceptors (Lipinski definition) is 5. The van der Waals surface area contributed by atoms with E-state index in [1.807, 2.05) is 29.7 Å². The fourth-order valence-corrected chi connectivity index (χ4v) is 5.93. The second kappa shape index (κ2) is 9.85. The van der Waals surface area contributed by atoms with Gasteiger partial charge in [-0.15, -0.1) is 0 Å². The van der Waals surface area contributed by atoms with Gasteiger partial charge >= 0.3 is 0 Å². The number of benzene rings is 3. The van der Waals surface area contributed by atoms with Gasteiger partial charge in [-0.25, -0.2) is 8.42 Å². The molecule has 1 heterocycles. The Morgan fingerprint density at radius 2 is 1.71 bits per heavy atom. The van der Waals surface area contributed by atoms with Crippen LogP contribution in [0.1, 0.15) is 24.2 Å². The van der Waals surface area contributed by atoms with Gasteiger partial charge in [0, 0.05) is 31.8 Å². The quantitative estimate of drug-likeness (QED) is 0.421. The summed E-state index contributed by atoms with van der Waals surface area (Å²) in [6.07, 6.45) is 0. The number of hydrogen-bond donors (Lipinski definition) is 1. The Labute approximate surface area is 207 Å². The number of sulfonamides is 1. The maximum atomic E-state index is 13.0. The average molecular weight is 509 g/mol. The molecule has 0 unspecified atom stereocenters. The SMILES string of the molecule is CCn1c(=NC(=O)c2ccc(S(=O)(=O)N(C)c3ccccc3)cc2)sc2cc(NC(C)=O)ccc21. The molecule has 0 fully saturated rings. The van der Waals surface area contributed by atoms with Crippen LogP contribution in [-0.2, 0) is 21.4 Å². The zero-order valence-corrected chi connectivity index (χ0v) is 21.1. The van der Waals surface area contributed by atoms with Gasteiger partial charge < -0.3 is 9.88 Å². The molecule has 0 aliphatic carbocycles. The Kier molecular flexibility index (Phi) is 6.86. The molecule has 35 heavy (non-hydrogen) atoms. The first-order valence-corrected chi connectivity index (χ1v) is 13.1. The number of amides is 2. The lowest BCUT2D eigenvalue weighted by Gasteiger charge is -2.19. The number of aryl methyl sites for hydroxylation is 1. The topological polar surface area (TPSA) is 101 Å². The van der Waals surface area contributed by atoms with Gasteiger partial charge in [0.15, 0.2) is 4.80 Å². The first-order chi connectivity index (χ1) is 16.7. The van der Waals surface area contributed by atoms with Crippen molar-refractivity contribution in [3.05, 3.63) is 83.2 Å². The summed E-state index contributed by atoms with van der Waals surface area (Å²) in [6.45, 7) is 4.01. The first kappa shape index (κ1) is 24.4. The Bertz CT molecular complexity index is 1570. The van der Waals surface area contributed by atoms with Crippen LogP contribution in [0, 0.1) is 0 Å². The number of carbonyl (C=O) groups is 2. The van der Waals surface area contributed by atoms with Gasteiger partial charge in [0.2, 0.25) is 5.91 Å². The molecule has 0 radical (unpaired) electrons. The highest BCUT2D eigenvalue weighted by atomic mass is 32.2. The Hall–Kier alpha value is -3.76. The van der Waals surface area contributed by atoms with Crippen molar-refractivity contribution in [2.75, 3.05) is 16.7 Å². The summed E-state index contributed by atoms with van der Waals surface area (Å²) in [5.74, 6) is -0.633. The van der Waals surface area contributed by atoms with E-state index < -0.39 is 15.9 Å². The highest BCUT2D eigenvalue weighted by Gasteiger charge is 2.21. The number of carbonyl (C=O) groups excluding carboxylic acids is 2. The predicted octanol–water partition coefficient (Wildman–Crippen LogP) is 4.25. The minimum atomic E-state index is -3.77. The molecule has 0 saturated carbocycles. The van der Waals surface area contributed by atoms with Crippen LogP contribution in [0.25, 0.3) is 10.2 Å². The maximum absolute atomic E-state index is 13.0. The number of para-hydroxylation sites is 1. The number of nitrogens with one attached hydrogen (secondary N) is 1. The lowest BCUT2D eigenvalue weighted by atomic mass is 10.2. The molecule has 2 amide bonds. The van der Waals surface area contributed by atoms with Crippen molar-refractivity contribution in [2.24, 2.45) is 4.99 Å². The maximum Gasteiger partial charge on any atom is 0.279 e. The van der Waals surface area contributed by atoms with Crippen LogP contribution < -0.4 is 14.4 Å². The molecule has 8 nitrogen and oxygen atoms in total. The van der Waals surface area contributed by atoms with Crippen LogP contribution >= 0.6 is 11.3 Å². The third-order valence-corrected chi connectivity index (χ3v) is 8.24. The van der Waals surface area contributed by atoms with Gasteiger partial charge in [0.25, 0.3) is 15.9 Å². The molecule has 1 aromatic heterocycles. The van der Waals surface area contributed by atoms with E-state index in [0.29, 0.717) is 22.7 Å². The van der Waals surface area contributed by atoms with E-state index in [9.17, 15) is 18.0 Å². The summed E-state index contributed by atoms with van der Waals surface area (Å²) in [5, 5.41) is 2.75. The van der Waals surface area contributed by atoms with Crippen molar-refractivity contribution in [2.45, 2.75) is 25.3 Å². The summed E-state index contributed by atoms with van der Waals surface area (Å²) in [5.41, 5.74) is 2.40. The second-order valence-electron chi connectivity index (χ2n) is 7.74. The van der Waals surface area contributed by atoms with Gasteiger partial charge in [-0.2, -0.15) is 4.99 Å². The fraction of sp³-hybridized carbons (Fsp3) is 0.160. The molecule has 0 aliphatic rings. The molecular formula is C25H24N4O4S2. The van der Waals surface area contributed by atoms with E-state index >= 15 is 0 Å². The van der Waals surface area contributed by atoms with E-state index in [4.69, 9.17) is 0 Å². The molecule has 0 saturated heterocycles. The Morgan fingerprint density at radius 1 is 1.03 bits per heavy atom. The van der Waals surface area contributed by atoms with Gasteiger partial charge in [-0.1, -0.05) is 29.5 Å². The van der Waals surface area contributed by atoms with Crippen LogP contribution in [0.3, 0.4) is 0 Å². The highest BCUT2D eigenvalue weighted by molar-refractivity contribution is 7.92. The van der Waals surface area contributed by atoms with Crippen molar-refractivity contribution < 1.29 is 18.0 Å². The van der Waals surface area contributed by atoms with Gasteiger partial charge in [0.1, 0.15) is 0 Å². The van der Waals surface area contributed by atoms with Crippen LogP contribution in [0.5, 0.6) is 0 Å².